The molecule has 0 unspecified atom stereocenters. The van der Waals surface area contributed by atoms with Crippen molar-refractivity contribution in [1.82, 2.24) is 15.1 Å². The number of nitrogens with one attached hydrogen (secondary N) is 2. The third kappa shape index (κ3) is 7.15. The van der Waals surface area contributed by atoms with E-state index in [1.54, 1.807) is 0 Å². The fraction of sp³-hybridized carbons (Fsp3) is 0.680. The summed E-state index contributed by atoms with van der Waals surface area (Å²) in [5.41, 5.74) is 2.39. The van der Waals surface area contributed by atoms with Crippen molar-refractivity contribution < 1.29 is 9.59 Å². The highest BCUT2D eigenvalue weighted by Gasteiger charge is 2.31. The van der Waals surface area contributed by atoms with E-state index < -0.39 is 6.04 Å². The number of rotatable bonds is 6. The Hall–Kier alpha value is -2.24. The smallest absolute Gasteiger partial charge is 0.318 e. The number of hydrogen-bond donors (Lipinski definition) is 2. The molecule has 2 heterocycles. The fourth-order valence-corrected chi connectivity index (χ4v) is 4.56. The predicted octanol–water partition coefficient (Wildman–Crippen LogP) is 4.40. The lowest BCUT2D eigenvalue weighted by Crippen LogP contribution is -2.54. The predicted molar refractivity (Wildman–Crippen MR) is 126 cm³/mol. The number of aryl methyl sites for hydroxylation is 1. The quantitative estimate of drug-likeness (QED) is 0.706. The number of benzene rings is 1. The summed E-state index contributed by atoms with van der Waals surface area (Å²) < 4.78 is 0. The first-order valence-corrected chi connectivity index (χ1v) is 12.1. The first-order valence-electron chi connectivity index (χ1n) is 12.1. The van der Waals surface area contributed by atoms with Gasteiger partial charge in [0.25, 0.3) is 0 Å². The van der Waals surface area contributed by atoms with Gasteiger partial charge in [0.05, 0.1) is 0 Å². The zero-order valence-corrected chi connectivity index (χ0v) is 19.5. The average Bonchev–Trinajstić information content (AvgIpc) is 3.04. The highest BCUT2D eigenvalue weighted by atomic mass is 16.2. The van der Waals surface area contributed by atoms with Crippen LogP contribution in [0.3, 0.4) is 0 Å². The largest absolute Gasteiger partial charge is 0.382 e. The van der Waals surface area contributed by atoms with Crippen molar-refractivity contribution in [2.45, 2.75) is 77.8 Å². The van der Waals surface area contributed by atoms with Crippen LogP contribution >= 0.6 is 0 Å². The molecule has 0 radical (unpaired) electrons. The maximum absolute atomic E-state index is 13.3. The van der Waals surface area contributed by atoms with Crippen LogP contribution in [0.4, 0.5) is 10.5 Å². The fourth-order valence-electron chi connectivity index (χ4n) is 4.56. The van der Waals surface area contributed by atoms with Gasteiger partial charge in [0, 0.05) is 37.9 Å². The summed E-state index contributed by atoms with van der Waals surface area (Å²) >= 11 is 0. The number of urea groups is 1. The Morgan fingerprint density at radius 3 is 2.13 bits per heavy atom. The summed E-state index contributed by atoms with van der Waals surface area (Å²) in [5.74, 6) is 0.421. The standard InChI is InChI=1S/C25H40N4O2/c1-19(2)18-23(27-25(31)29-14-6-4-5-7-15-29)24(30)28-16-12-22(13-17-28)26-21-10-8-20(3)9-11-21/h8-11,19,22-23,26H,4-7,12-18H2,1-3H3,(H,27,31)/t23-/m0/s1. The van der Waals surface area contributed by atoms with E-state index in [9.17, 15) is 9.59 Å². The van der Waals surface area contributed by atoms with Gasteiger partial charge >= 0.3 is 6.03 Å². The van der Waals surface area contributed by atoms with Crippen molar-refractivity contribution in [2.75, 3.05) is 31.5 Å². The van der Waals surface area contributed by atoms with E-state index in [0.717, 1.165) is 57.5 Å². The van der Waals surface area contributed by atoms with E-state index in [2.05, 4.69) is 55.7 Å². The molecule has 31 heavy (non-hydrogen) atoms. The normalized spacial score (nSPS) is 19.1. The zero-order valence-electron chi connectivity index (χ0n) is 19.5. The molecule has 0 bridgehead atoms. The van der Waals surface area contributed by atoms with E-state index in [4.69, 9.17) is 0 Å². The topological polar surface area (TPSA) is 64.7 Å². The van der Waals surface area contributed by atoms with Gasteiger partial charge in [-0.25, -0.2) is 4.79 Å². The Morgan fingerprint density at radius 2 is 1.55 bits per heavy atom. The van der Waals surface area contributed by atoms with Gasteiger partial charge in [-0.3, -0.25) is 4.79 Å². The molecular weight excluding hydrogens is 388 g/mol. The maximum atomic E-state index is 13.3. The van der Waals surface area contributed by atoms with E-state index in [1.165, 1.54) is 18.4 Å². The Balaban J connectivity index is 1.53. The minimum Gasteiger partial charge on any atom is -0.382 e. The van der Waals surface area contributed by atoms with E-state index in [1.807, 2.05) is 9.80 Å². The van der Waals surface area contributed by atoms with Gasteiger partial charge in [-0.05, 0) is 57.1 Å². The van der Waals surface area contributed by atoms with Crippen molar-refractivity contribution in [2.24, 2.45) is 5.92 Å². The van der Waals surface area contributed by atoms with Crippen molar-refractivity contribution in [3.05, 3.63) is 29.8 Å². The number of hydrogen-bond acceptors (Lipinski definition) is 3. The van der Waals surface area contributed by atoms with E-state index >= 15 is 0 Å². The molecule has 0 aliphatic carbocycles. The lowest BCUT2D eigenvalue weighted by atomic mass is 9.99. The molecule has 3 rings (SSSR count). The Labute approximate surface area is 187 Å². The molecule has 3 amide bonds. The monoisotopic (exact) mass is 428 g/mol. The Morgan fingerprint density at radius 1 is 0.935 bits per heavy atom. The van der Waals surface area contributed by atoms with Crippen molar-refractivity contribution >= 4 is 17.6 Å². The van der Waals surface area contributed by atoms with Crippen LogP contribution in [0.5, 0.6) is 0 Å². The summed E-state index contributed by atoms with van der Waals surface area (Å²) in [6, 6.07) is 8.33. The Kier molecular flexibility index (Phi) is 8.61. The van der Waals surface area contributed by atoms with Gasteiger partial charge in [0.1, 0.15) is 6.04 Å². The lowest BCUT2D eigenvalue weighted by Gasteiger charge is -2.36. The van der Waals surface area contributed by atoms with Gasteiger partial charge in [-0.15, -0.1) is 0 Å². The van der Waals surface area contributed by atoms with Crippen LogP contribution in [0.25, 0.3) is 0 Å². The third-order valence-corrected chi connectivity index (χ3v) is 6.43. The number of carbonyl (C=O) groups is 2. The van der Waals surface area contributed by atoms with Crippen LogP contribution in [0, 0.1) is 12.8 Å². The summed E-state index contributed by atoms with van der Waals surface area (Å²) in [6.07, 6.45) is 7.00. The second-order valence-electron chi connectivity index (χ2n) is 9.64. The van der Waals surface area contributed by atoms with Crippen molar-refractivity contribution in [3.8, 4) is 0 Å². The van der Waals surface area contributed by atoms with Crippen LogP contribution in [0.15, 0.2) is 24.3 Å². The molecule has 0 aromatic heterocycles. The number of amides is 3. The molecule has 2 aliphatic heterocycles. The second kappa shape index (κ2) is 11.4. The molecule has 172 valence electrons. The third-order valence-electron chi connectivity index (χ3n) is 6.43. The first kappa shape index (κ1) is 23.4. The first-order chi connectivity index (χ1) is 14.9. The van der Waals surface area contributed by atoms with Crippen LogP contribution in [0.2, 0.25) is 0 Å². The van der Waals surface area contributed by atoms with E-state index in [-0.39, 0.29) is 11.9 Å². The zero-order chi connectivity index (χ0) is 22.2. The van der Waals surface area contributed by atoms with Gasteiger partial charge in [-0.1, -0.05) is 44.4 Å². The summed E-state index contributed by atoms with van der Waals surface area (Å²) in [6.45, 7) is 9.36. The molecule has 2 aliphatic rings. The van der Waals surface area contributed by atoms with E-state index in [0.29, 0.717) is 18.4 Å². The highest BCUT2D eigenvalue weighted by Crippen LogP contribution is 2.19. The molecule has 0 saturated carbocycles. The summed E-state index contributed by atoms with van der Waals surface area (Å²) in [7, 11) is 0. The van der Waals surface area contributed by atoms with Crippen LogP contribution in [-0.4, -0.2) is 60.0 Å². The maximum Gasteiger partial charge on any atom is 0.318 e. The molecule has 6 nitrogen and oxygen atoms in total. The van der Waals surface area contributed by atoms with Crippen LogP contribution in [-0.2, 0) is 4.79 Å². The molecule has 2 fully saturated rings. The SMILES string of the molecule is Cc1ccc(NC2CCN(C(=O)[C@H](CC(C)C)NC(=O)N3CCCCCC3)CC2)cc1. The minimum absolute atomic E-state index is 0.0724. The second-order valence-corrected chi connectivity index (χ2v) is 9.64. The molecular formula is C25H40N4O2. The molecule has 1 aromatic rings. The number of carbonyl (C=O) groups excluding carboxylic acids is 2. The van der Waals surface area contributed by atoms with Crippen molar-refractivity contribution in [1.29, 1.82) is 0 Å². The molecule has 2 N–H and O–H groups in total. The molecule has 6 heteroatoms. The number of piperidine rings is 1. The van der Waals surface area contributed by atoms with Gasteiger partial charge in [0.15, 0.2) is 0 Å². The number of nitrogens with zero attached hydrogens (tertiary/aromatic N) is 2. The average molecular weight is 429 g/mol. The number of likely N-dealkylation sites (tertiary alicyclic amines) is 2. The lowest BCUT2D eigenvalue weighted by molar-refractivity contribution is -0.134. The van der Waals surface area contributed by atoms with Crippen LogP contribution in [0.1, 0.15) is 64.4 Å². The molecule has 0 spiro atoms. The molecule has 1 atom stereocenters. The number of anilines is 1. The molecule has 1 aromatic carbocycles. The highest BCUT2D eigenvalue weighted by molar-refractivity contribution is 5.87. The summed E-state index contributed by atoms with van der Waals surface area (Å²) in [5, 5.41) is 6.68. The van der Waals surface area contributed by atoms with Gasteiger partial charge in [0.2, 0.25) is 5.91 Å². The molecule has 2 saturated heterocycles. The van der Waals surface area contributed by atoms with Crippen molar-refractivity contribution in [3.63, 3.8) is 0 Å². The minimum atomic E-state index is -0.433. The van der Waals surface area contributed by atoms with Gasteiger partial charge in [-0.2, -0.15) is 0 Å². The Bertz CT molecular complexity index is 703. The van der Waals surface area contributed by atoms with Crippen LogP contribution < -0.4 is 10.6 Å². The van der Waals surface area contributed by atoms with Gasteiger partial charge < -0.3 is 20.4 Å². The summed E-state index contributed by atoms with van der Waals surface area (Å²) in [4.78, 5) is 30.0.